The molecule has 0 atom stereocenters. The molecule has 2 rings (SSSR count). The van der Waals surface area contributed by atoms with Gasteiger partial charge in [-0.3, -0.25) is 0 Å². The fraction of sp³-hybridized carbons (Fsp3) is 0.176. The molecule has 24 heavy (non-hydrogen) atoms. The standard InChI is InChI=1S/C17H14Br2O5/c1-2-22-17(21)12-5-3-4-6-14(12)24-16(20)10-23-15-8-7-11(18)9-13(15)19/h3-9H,2,10H2,1H3. The molecule has 0 aromatic heterocycles. The molecule has 0 fully saturated rings. The zero-order chi connectivity index (χ0) is 17.5. The highest BCUT2D eigenvalue weighted by molar-refractivity contribution is 9.11. The number of hydrogen-bond acceptors (Lipinski definition) is 5. The Morgan fingerprint density at radius 3 is 2.50 bits per heavy atom. The second kappa shape index (κ2) is 8.84. The maximum Gasteiger partial charge on any atom is 0.349 e. The largest absolute Gasteiger partial charge is 0.481 e. The minimum atomic E-state index is -0.624. The predicted octanol–water partition coefficient (Wildman–Crippen LogP) is 4.37. The van der Waals surface area contributed by atoms with Crippen LogP contribution in [-0.4, -0.2) is 25.2 Å². The Morgan fingerprint density at radius 2 is 1.79 bits per heavy atom. The molecule has 5 nitrogen and oxygen atoms in total. The number of hydrogen-bond donors (Lipinski definition) is 0. The van der Waals surface area contributed by atoms with Crippen molar-refractivity contribution >= 4 is 43.8 Å². The molecule has 0 saturated carbocycles. The van der Waals surface area contributed by atoms with Gasteiger partial charge in [-0.2, -0.15) is 0 Å². The van der Waals surface area contributed by atoms with Crippen LogP contribution in [-0.2, 0) is 9.53 Å². The van der Waals surface area contributed by atoms with Crippen LogP contribution in [0.5, 0.6) is 11.5 Å². The molecule has 0 bridgehead atoms. The third kappa shape index (κ3) is 5.07. The maximum atomic E-state index is 12.0. The van der Waals surface area contributed by atoms with Crippen LogP contribution in [0.25, 0.3) is 0 Å². The van der Waals surface area contributed by atoms with Crippen LogP contribution in [0, 0.1) is 0 Å². The number of carbonyl (C=O) groups is 2. The van der Waals surface area contributed by atoms with Gasteiger partial charge in [-0.05, 0) is 53.2 Å². The number of halogens is 2. The average Bonchev–Trinajstić information content (AvgIpc) is 2.54. The third-order valence-corrected chi connectivity index (χ3v) is 3.96. The van der Waals surface area contributed by atoms with Crippen molar-refractivity contribution in [3.05, 3.63) is 57.0 Å². The number of para-hydroxylation sites is 1. The second-order valence-corrected chi connectivity index (χ2v) is 6.32. The van der Waals surface area contributed by atoms with Gasteiger partial charge in [-0.15, -0.1) is 0 Å². The zero-order valence-corrected chi connectivity index (χ0v) is 15.9. The van der Waals surface area contributed by atoms with E-state index in [4.69, 9.17) is 14.2 Å². The Kier molecular flexibility index (Phi) is 6.81. The molecule has 7 heteroatoms. The minimum absolute atomic E-state index is 0.138. The molecular weight excluding hydrogens is 444 g/mol. The molecular formula is C17H14Br2O5. The number of ether oxygens (including phenoxy) is 3. The summed E-state index contributed by atoms with van der Waals surface area (Å²) in [5.41, 5.74) is 0.192. The Hall–Kier alpha value is -1.86. The lowest BCUT2D eigenvalue weighted by atomic mass is 10.2. The van der Waals surface area contributed by atoms with Gasteiger partial charge in [0, 0.05) is 4.47 Å². The molecule has 0 radical (unpaired) electrons. The van der Waals surface area contributed by atoms with Crippen molar-refractivity contribution < 1.29 is 23.8 Å². The van der Waals surface area contributed by atoms with Gasteiger partial charge in [0.2, 0.25) is 0 Å². The Morgan fingerprint density at radius 1 is 1.04 bits per heavy atom. The summed E-state index contributed by atoms with van der Waals surface area (Å²) in [7, 11) is 0. The minimum Gasteiger partial charge on any atom is -0.481 e. The van der Waals surface area contributed by atoms with Crippen molar-refractivity contribution in [3.63, 3.8) is 0 Å². The van der Waals surface area contributed by atoms with Crippen LogP contribution in [0.15, 0.2) is 51.4 Å². The fourth-order valence-corrected chi connectivity index (χ4v) is 2.98. The van der Waals surface area contributed by atoms with Crippen molar-refractivity contribution in [3.8, 4) is 11.5 Å². The van der Waals surface area contributed by atoms with Crippen molar-refractivity contribution in [2.24, 2.45) is 0 Å². The van der Waals surface area contributed by atoms with Crippen LogP contribution in [0.4, 0.5) is 0 Å². The lowest BCUT2D eigenvalue weighted by Crippen LogP contribution is -2.19. The van der Waals surface area contributed by atoms with Crippen LogP contribution in [0.2, 0.25) is 0 Å². The van der Waals surface area contributed by atoms with Crippen molar-refractivity contribution in [1.29, 1.82) is 0 Å². The SMILES string of the molecule is CCOC(=O)c1ccccc1OC(=O)COc1ccc(Br)cc1Br. The van der Waals surface area contributed by atoms with Crippen molar-refractivity contribution in [1.82, 2.24) is 0 Å². The molecule has 0 aliphatic carbocycles. The summed E-state index contributed by atoms with van der Waals surface area (Å²) in [6.07, 6.45) is 0. The lowest BCUT2D eigenvalue weighted by Gasteiger charge is -2.11. The molecule has 0 amide bonds. The van der Waals surface area contributed by atoms with Crippen LogP contribution >= 0.6 is 31.9 Å². The first-order valence-corrected chi connectivity index (χ1v) is 8.64. The molecule has 2 aromatic carbocycles. The summed E-state index contributed by atoms with van der Waals surface area (Å²) in [5, 5.41) is 0. The van der Waals surface area contributed by atoms with Gasteiger partial charge in [-0.1, -0.05) is 28.1 Å². The molecule has 0 aliphatic heterocycles. The van der Waals surface area contributed by atoms with E-state index in [9.17, 15) is 9.59 Å². The van der Waals surface area contributed by atoms with Gasteiger partial charge in [0.25, 0.3) is 0 Å². The van der Waals surface area contributed by atoms with Gasteiger partial charge in [0.1, 0.15) is 17.1 Å². The van der Waals surface area contributed by atoms with E-state index in [2.05, 4.69) is 31.9 Å². The van der Waals surface area contributed by atoms with Crippen LogP contribution in [0.1, 0.15) is 17.3 Å². The van der Waals surface area contributed by atoms with Crippen molar-refractivity contribution in [2.45, 2.75) is 6.92 Å². The first-order chi connectivity index (χ1) is 11.5. The quantitative estimate of drug-likeness (QED) is 0.476. The van der Waals surface area contributed by atoms with Crippen LogP contribution in [0.3, 0.4) is 0 Å². The Balaban J connectivity index is 2.01. The van der Waals surface area contributed by atoms with Gasteiger partial charge < -0.3 is 14.2 Å². The van der Waals surface area contributed by atoms with E-state index in [0.29, 0.717) is 10.2 Å². The summed E-state index contributed by atoms with van der Waals surface area (Å²) in [6.45, 7) is 1.65. The number of carbonyl (C=O) groups excluding carboxylic acids is 2. The third-order valence-electron chi connectivity index (χ3n) is 2.85. The average molecular weight is 458 g/mol. The van der Waals surface area contributed by atoms with E-state index in [-0.39, 0.29) is 24.5 Å². The molecule has 0 heterocycles. The van der Waals surface area contributed by atoms with Crippen LogP contribution < -0.4 is 9.47 Å². The molecule has 0 saturated heterocycles. The van der Waals surface area contributed by atoms with E-state index < -0.39 is 11.9 Å². The second-order valence-electron chi connectivity index (χ2n) is 4.55. The fourth-order valence-electron chi connectivity index (χ4n) is 1.81. The summed E-state index contributed by atoms with van der Waals surface area (Å²) < 4.78 is 17.1. The monoisotopic (exact) mass is 456 g/mol. The first kappa shape index (κ1) is 18.5. The van der Waals surface area contributed by atoms with Crippen molar-refractivity contribution in [2.75, 3.05) is 13.2 Å². The normalized spacial score (nSPS) is 10.1. The van der Waals surface area contributed by atoms with E-state index in [1.165, 1.54) is 12.1 Å². The summed E-state index contributed by atoms with van der Waals surface area (Å²) in [6, 6.07) is 11.7. The molecule has 0 unspecified atom stereocenters. The first-order valence-electron chi connectivity index (χ1n) is 7.06. The van der Waals surface area contributed by atoms with E-state index in [0.717, 1.165) is 4.47 Å². The topological polar surface area (TPSA) is 61.8 Å². The Bertz CT molecular complexity index is 746. The van der Waals surface area contributed by atoms with E-state index >= 15 is 0 Å². The van der Waals surface area contributed by atoms with Gasteiger partial charge >= 0.3 is 11.9 Å². The molecule has 0 spiro atoms. The zero-order valence-electron chi connectivity index (χ0n) is 12.8. The van der Waals surface area contributed by atoms with E-state index in [1.807, 2.05) is 0 Å². The molecule has 2 aromatic rings. The number of rotatable bonds is 6. The highest BCUT2D eigenvalue weighted by Crippen LogP contribution is 2.28. The number of esters is 2. The van der Waals surface area contributed by atoms with E-state index in [1.54, 1.807) is 37.3 Å². The summed E-state index contributed by atoms with van der Waals surface area (Å²) in [5.74, 6) is -0.521. The smallest absolute Gasteiger partial charge is 0.349 e. The maximum absolute atomic E-state index is 12.0. The molecule has 0 N–H and O–H groups in total. The highest BCUT2D eigenvalue weighted by Gasteiger charge is 2.16. The van der Waals surface area contributed by atoms with Gasteiger partial charge in [-0.25, -0.2) is 9.59 Å². The lowest BCUT2D eigenvalue weighted by molar-refractivity contribution is -0.136. The predicted molar refractivity (Wildman–Crippen MR) is 95.4 cm³/mol. The Labute approximate surface area is 156 Å². The summed E-state index contributed by atoms with van der Waals surface area (Å²) >= 11 is 6.68. The highest BCUT2D eigenvalue weighted by atomic mass is 79.9. The van der Waals surface area contributed by atoms with Gasteiger partial charge in [0.15, 0.2) is 6.61 Å². The summed E-state index contributed by atoms with van der Waals surface area (Å²) in [4.78, 5) is 23.8. The van der Waals surface area contributed by atoms with Gasteiger partial charge in [0.05, 0.1) is 11.1 Å². The number of benzene rings is 2. The molecule has 0 aliphatic rings. The molecule has 126 valence electrons.